The quantitative estimate of drug-likeness (QED) is 0.785. The van der Waals surface area contributed by atoms with Gasteiger partial charge in [0.2, 0.25) is 0 Å². The highest BCUT2D eigenvalue weighted by molar-refractivity contribution is 7.95. The van der Waals surface area contributed by atoms with Gasteiger partial charge in [-0.25, -0.2) is 22.0 Å². The zero-order valence-electron chi connectivity index (χ0n) is 13.1. The van der Waals surface area contributed by atoms with Crippen molar-refractivity contribution in [2.45, 2.75) is 6.54 Å². The van der Waals surface area contributed by atoms with E-state index >= 15 is 0 Å². The molecule has 1 aliphatic heterocycles. The number of carbonyl (C=O) groups excluding carboxylic acids is 1. The highest BCUT2D eigenvalue weighted by Gasteiger charge is 2.27. The Morgan fingerprint density at radius 1 is 1.12 bits per heavy atom. The average molecular weight is 365 g/mol. The molecule has 0 atom stereocenters. The highest BCUT2D eigenvalue weighted by atomic mass is 32.2. The van der Waals surface area contributed by atoms with Crippen LogP contribution in [0.5, 0.6) is 0 Å². The molecule has 0 saturated carbocycles. The normalized spacial score (nSPS) is 14.9. The van der Waals surface area contributed by atoms with Gasteiger partial charge in [0.1, 0.15) is 11.6 Å². The molecule has 0 unspecified atom stereocenters. The van der Waals surface area contributed by atoms with Gasteiger partial charge in [0, 0.05) is 6.07 Å². The summed E-state index contributed by atoms with van der Waals surface area (Å²) in [5.41, 5.74) is 1.10. The summed E-state index contributed by atoms with van der Waals surface area (Å²) >= 11 is 0. The zero-order valence-corrected chi connectivity index (χ0v) is 13.9. The van der Waals surface area contributed by atoms with Gasteiger partial charge in [0.25, 0.3) is 10.0 Å². The largest absolute Gasteiger partial charge is 0.465 e. The van der Waals surface area contributed by atoms with Gasteiger partial charge in [-0.05, 0) is 41.5 Å². The van der Waals surface area contributed by atoms with E-state index < -0.39 is 27.6 Å². The van der Waals surface area contributed by atoms with Gasteiger partial charge >= 0.3 is 5.97 Å². The molecule has 5 nitrogen and oxygen atoms in total. The second kappa shape index (κ2) is 6.29. The molecule has 0 bridgehead atoms. The minimum absolute atomic E-state index is 0.144. The van der Waals surface area contributed by atoms with Crippen molar-refractivity contribution in [3.05, 3.63) is 70.1 Å². The van der Waals surface area contributed by atoms with Crippen molar-refractivity contribution < 1.29 is 26.7 Å². The predicted octanol–water partition coefficient (Wildman–Crippen LogP) is 3.07. The van der Waals surface area contributed by atoms with Gasteiger partial charge in [0.15, 0.2) is 0 Å². The molecule has 0 amide bonds. The third kappa shape index (κ3) is 3.39. The van der Waals surface area contributed by atoms with Crippen LogP contribution >= 0.6 is 0 Å². The van der Waals surface area contributed by atoms with E-state index in [9.17, 15) is 22.0 Å². The second-order valence-electron chi connectivity index (χ2n) is 5.40. The minimum Gasteiger partial charge on any atom is -0.465 e. The first-order chi connectivity index (χ1) is 11.8. The van der Waals surface area contributed by atoms with Crippen molar-refractivity contribution in [2.75, 3.05) is 11.4 Å². The number of nitrogens with zero attached hydrogens (tertiary/aromatic N) is 1. The molecule has 0 N–H and O–H groups in total. The Morgan fingerprint density at radius 3 is 2.44 bits per heavy atom. The van der Waals surface area contributed by atoms with E-state index in [1.54, 1.807) is 6.07 Å². The Morgan fingerprint density at radius 2 is 1.80 bits per heavy atom. The fourth-order valence-electron chi connectivity index (χ4n) is 2.56. The first-order valence-corrected chi connectivity index (χ1v) is 8.68. The number of esters is 1. The molecule has 0 aliphatic carbocycles. The monoisotopic (exact) mass is 365 g/mol. The second-order valence-corrected chi connectivity index (χ2v) is 7.14. The Bertz CT molecular complexity index is 966. The van der Waals surface area contributed by atoms with Crippen molar-refractivity contribution in [1.29, 1.82) is 0 Å². The van der Waals surface area contributed by atoms with Crippen LogP contribution in [0, 0.1) is 11.6 Å². The first kappa shape index (κ1) is 17.1. The number of rotatable bonds is 3. The number of methoxy groups -OCH3 is 1. The topological polar surface area (TPSA) is 63.7 Å². The maximum absolute atomic E-state index is 13.4. The van der Waals surface area contributed by atoms with Crippen LogP contribution in [0.3, 0.4) is 0 Å². The van der Waals surface area contributed by atoms with Crippen molar-refractivity contribution in [3.63, 3.8) is 0 Å². The van der Waals surface area contributed by atoms with E-state index in [2.05, 4.69) is 4.74 Å². The van der Waals surface area contributed by atoms with E-state index in [4.69, 9.17) is 0 Å². The molecule has 8 heteroatoms. The van der Waals surface area contributed by atoms with E-state index in [0.717, 1.165) is 21.8 Å². The molecule has 1 aliphatic rings. The van der Waals surface area contributed by atoms with E-state index in [0.29, 0.717) is 11.6 Å². The summed E-state index contributed by atoms with van der Waals surface area (Å²) in [6, 6.07) is 7.27. The number of fused-ring (bicyclic) bond motifs is 1. The number of ether oxygens (including phenoxy) is 1. The van der Waals surface area contributed by atoms with Crippen LogP contribution in [-0.2, 0) is 21.3 Å². The summed E-state index contributed by atoms with van der Waals surface area (Å²) < 4.78 is 57.2. The predicted molar refractivity (Wildman–Crippen MR) is 88.3 cm³/mol. The Kier molecular flexibility index (Phi) is 4.30. The number of carbonyl (C=O) groups is 1. The molecular formula is C17H13F2NO4S. The molecular weight excluding hydrogens is 352 g/mol. The highest BCUT2D eigenvalue weighted by Crippen LogP contribution is 2.33. The van der Waals surface area contributed by atoms with Crippen LogP contribution in [0.1, 0.15) is 21.5 Å². The number of halogens is 2. The molecule has 2 aromatic carbocycles. The van der Waals surface area contributed by atoms with E-state index in [1.165, 1.54) is 25.3 Å². The van der Waals surface area contributed by atoms with Crippen molar-refractivity contribution in [3.8, 4) is 0 Å². The van der Waals surface area contributed by atoms with Crippen molar-refractivity contribution in [1.82, 2.24) is 0 Å². The summed E-state index contributed by atoms with van der Waals surface area (Å²) in [7, 11) is -2.64. The SMILES string of the molecule is COC(=O)c1ccc2c(c1)N(Cc1cc(F)cc(F)c1)S(=O)(=O)C=C2. The Hall–Kier alpha value is -2.74. The minimum atomic E-state index is -3.85. The number of benzene rings is 2. The van der Waals surface area contributed by atoms with E-state index in [-0.39, 0.29) is 23.4 Å². The van der Waals surface area contributed by atoms with Crippen LogP contribution in [0.15, 0.2) is 41.8 Å². The van der Waals surface area contributed by atoms with Gasteiger partial charge in [-0.15, -0.1) is 0 Å². The van der Waals surface area contributed by atoms with Crippen LogP contribution in [0.4, 0.5) is 14.5 Å². The van der Waals surface area contributed by atoms with Crippen LogP contribution in [-0.4, -0.2) is 21.5 Å². The summed E-state index contributed by atoms with van der Waals surface area (Å²) in [5.74, 6) is -2.22. The van der Waals surface area contributed by atoms with Gasteiger partial charge in [0.05, 0.1) is 30.3 Å². The van der Waals surface area contributed by atoms with Crippen LogP contribution in [0.2, 0.25) is 0 Å². The lowest BCUT2D eigenvalue weighted by Gasteiger charge is -2.27. The fraction of sp³-hybridized carbons (Fsp3) is 0.118. The third-order valence-electron chi connectivity index (χ3n) is 3.70. The van der Waals surface area contributed by atoms with Crippen molar-refractivity contribution >= 4 is 27.8 Å². The van der Waals surface area contributed by atoms with Gasteiger partial charge < -0.3 is 4.74 Å². The number of anilines is 1. The molecule has 0 saturated heterocycles. The molecule has 1 heterocycles. The molecule has 2 aromatic rings. The molecule has 0 radical (unpaired) electrons. The smallest absolute Gasteiger partial charge is 0.337 e. The summed E-state index contributed by atoms with van der Waals surface area (Å²) in [5, 5.41) is 1.00. The molecule has 3 rings (SSSR count). The summed E-state index contributed by atoms with van der Waals surface area (Å²) in [6.07, 6.45) is 1.40. The number of sulfonamides is 1. The zero-order chi connectivity index (χ0) is 18.2. The van der Waals surface area contributed by atoms with E-state index in [1.807, 2.05) is 0 Å². The lowest BCUT2D eigenvalue weighted by atomic mass is 10.1. The van der Waals surface area contributed by atoms with Gasteiger partial charge in [-0.1, -0.05) is 6.07 Å². The standard InChI is InChI=1S/C17H13F2NO4S/c1-24-17(21)13-3-2-12-4-5-25(22,23)20(16(12)8-13)10-11-6-14(18)9-15(19)7-11/h2-9H,10H2,1H3. The molecule has 130 valence electrons. The van der Waals surface area contributed by atoms with Gasteiger partial charge in [-0.3, -0.25) is 4.31 Å². The number of hydrogen-bond acceptors (Lipinski definition) is 4. The lowest BCUT2D eigenvalue weighted by molar-refractivity contribution is 0.0600. The summed E-state index contributed by atoms with van der Waals surface area (Å²) in [6.45, 7) is -0.279. The Balaban J connectivity index is 2.09. The van der Waals surface area contributed by atoms with Crippen LogP contribution < -0.4 is 4.31 Å². The number of hydrogen-bond donors (Lipinski definition) is 0. The average Bonchev–Trinajstić information content (AvgIpc) is 2.55. The maximum Gasteiger partial charge on any atom is 0.337 e. The molecule has 0 aromatic heterocycles. The van der Waals surface area contributed by atoms with Crippen LogP contribution in [0.25, 0.3) is 6.08 Å². The molecule has 0 spiro atoms. The lowest BCUT2D eigenvalue weighted by Crippen LogP contribution is -2.31. The fourth-order valence-corrected chi connectivity index (χ4v) is 3.79. The first-order valence-electron chi connectivity index (χ1n) is 7.18. The Labute approximate surface area is 143 Å². The summed E-state index contributed by atoms with van der Waals surface area (Å²) in [4.78, 5) is 11.7. The molecule has 0 fully saturated rings. The molecule has 25 heavy (non-hydrogen) atoms. The third-order valence-corrected chi connectivity index (χ3v) is 5.12. The maximum atomic E-state index is 13.4. The van der Waals surface area contributed by atoms with Crippen molar-refractivity contribution in [2.24, 2.45) is 0 Å². The van der Waals surface area contributed by atoms with Gasteiger partial charge in [-0.2, -0.15) is 0 Å².